The molecule has 1 aromatic heterocycles. The summed E-state index contributed by atoms with van der Waals surface area (Å²) < 4.78 is 0. The number of hydrogen-bond donors (Lipinski definition) is 1. The molecule has 1 saturated heterocycles. The van der Waals surface area contributed by atoms with E-state index in [0.717, 1.165) is 22.5 Å². The van der Waals surface area contributed by atoms with Crippen molar-refractivity contribution in [3.8, 4) is 0 Å². The van der Waals surface area contributed by atoms with Crippen molar-refractivity contribution in [3.05, 3.63) is 16.1 Å². The molecule has 82 valence electrons. The predicted octanol–water partition coefficient (Wildman–Crippen LogP) is 2.42. The summed E-state index contributed by atoms with van der Waals surface area (Å²) in [5.74, 6) is 1.15. The van der Waals surface area contributed by atoms with Crippen LogP contribution in [0.1, 0.15) is 23.2 Å². The Morgan fingerprint density at radius 2 is 2.53 bits per heavy atom. The first-order valence-electron chi connectivity index (χ1n) is 5.13. The Balaban J connectivity index is 1.89. The number of nitrogens with zero attached hydrogens (tertiary/aromatic N) is 2. The number of aromatic nitrogens is 1. The predicted molar refractivity (Wildman–Crippen MR) is 67.7 cm³/mol. The van der Waals surface area contributed by atoms with Gasteiger partial charge < -0.3 is 5.32 Å². The van der Waals surface area contributed by atoms with Gasteiger partial charge in [-0.2, -0.15) is 0 Å². The van der Waals surface area contributed by atoms with Crippen LogP contribution < -0.4 is 5.32 Å². The highest BCUT2D eigenvalue weighted by molar-refractivity contribution is 8.14. The van der Waals surface area contributed by atoms with Gasteiger partial charge in [-0.05, 0) is 13.3 Å². The SMILES string of the molecule is CCC1CSC(=NCc2cnc(C)s2)N1. The highest BCUT2D eigenvalue weighted by Gasteiger charge is 2.17. The second kappa shape index (κ2) is 4.99. The zero-order valence-corrected chi connectivity index (χ0v) is 10.6. The number of hydrogen-bond acceptors (Lipinski definition) is 4. The van der Waals surface area contributed by atoms with Crippen molar-refractivity contribution in [1.82, 2.24) is 10.3 Å². The van der Waals surface area contributed by atoms with E-state index in [4.69, 9.17) is 0 Å². The number of nitrogens with one attached hydrogen (secondary N) is 1. The molecule has 1 aromatic rings. The van der Waals surface area contributed by atoms with E-state index in [1.54, 1.807) is 11.3 Å². The molecular weight excluding hydrogens is 226 g/mol. The van der Waals surface area contributed by atoms with Gasteiger partial charge in [0.05, 0.1) is 11.6 Å². The molecule has 1 unspecified atom stereocenters. The van der Waals surface area contributed by atoms with E-state index in [0.29, 0.717) is 6.04 Å². The largest absolute Gasteiger partial charge is 0.361 e. The van der Waals surface area contributed by atoms with Crippen LogP contribution in [0.4, 0.5) is 0 Å². The average molecular weight is 241 g/mol. The Labute approximate surface area is 98.4 Å². The third-order valence-electron chi connectivity index (χ3n) is 2.29. The minimum absolute atomic E-state index is 0.608. The highest BCUT2D eigenvalue weighted by Crippen LogP contribution is 2.18. The monoisotopic (exact) mass is 241 g/mol. The lowest BCUT2D eigenvalue weighted by molar-refractivity contribution is 0.667. The van der Waals surface area contributed by atoms with Crippen molar-refractivity contribution in [2.45, 2.75) is 32.9 Å². The molecule has 1 N–H and O–H groups in total. The molecule has 3 nitrogen and oxygen atoms in total. The minimum atomic E-state index is 0.608. The van der Waals surface area contributed by atoms with Gasteiger partial charge in [0.1, 0.15) is 0 Å². The van der Waals surface area contributed by atoms with Gasteiger partial charge in [-0.1, -0.05) is 18.7 Å². The van der Waals surface area contributed by atoms with Gasteiger partial charge in [0, 0.05) is 22.9 Å². The Morgan fingerprint density at radius 1 is 1.67 bits per heavy atom. The summed E-state index contributed by atoms with van der Waals surface area (Å²) in [6, 6.07) is 0.608. The van der Waals surface area contributed by atoms with E-state index in [2.05, 4.69) is 22.2 Å². The van der Waals surface area contributed by atoms with E-state index in [-0.39, 0.29) is 0 Å². The summed E-state index contributed by atoms with van der Waals surface area (Å²) in [6.45, 7) is 4.99. The number of rotatable bonds is 3. The molecule has 5 heteroatoms. The lowest BCUT2D eigenvalue weighted by Crippen LogP contribution is -2.25. The molecule has 0 spiro atoms. The van der Waals surface area contributed by atoms with E-state index in [1.807, 2.05) is 24.9 Å². The lowest BCUT2D eigenvalue weighted by Gasteiger charge is -2.04. The van der Waals surface area contributed by atoms with Crippen LogP contribution in [0.3, 0.4) is 0 Å². The summed E-state index contributed by atoms with van der Waals surface area (Å²) in [4.78, 5) is 10.00. The first kappa shape index (κ1) is 11.0. The van der Waals surface area contributed by atoms with Gasteiger partial charge in [-0.25, -0.2) is 4.98 Å². The number of amidine groups is 1. The molecule has 1 atom stereocenters. The normalized spacial score (nSPS) is 23.3. The third kappa shape index (κ3) is 2.95. The quantitative estimate of drug-likeness (QED) is 0.883. The summed E-state index contributed by atoms with van der Waals surface area (Å²) in [6.07, 6.45) is 3.09. The van der Waals surface area contributed by atoms with Crippen LogP contribution in [0, 0.1) is 6.92 Å². The summed E-state index contributed by atoms with van der Waals surface area (Å²) >= 11 is 3.55. The zero-order valence-electron chi connectivity index (χ0n) is 8.99. The van der Waals surface area contributed by atoms with Crippen molar-refractivity contribution in [2.24, 2.45) is 4.99 Å². The van der Waals surface area contributed by atoms with Crippen LogP contribution in [0.15, 0.2) is 11.2 Å². The first-order valence-corrected chi connectivity index (χ1v) is 6.93. The Kier molecular flexibility index (Phi) is 3.64. The summed E-state index contributed by atoms with van der Waals surface area (Å²) in [5.41, 5.74) is 0. The van der Waals surface area contributed by atoms with E-state index in [9.17, 15) is 0 Å². The fourth-order valence-corrected chi connectivity index (χ4v) is 3.18. The van der Waals surface area contributed by atoms with Gasteiger partial charge >= 0.3 is 0 Å². The molecule has 1 aliphatic rings. The molecule has 0 amide bonds. The second-order valence-electron chi connectivity index (χ2n) is 3.53. The average Bonchev–Trinajstić information content (AvgIpc) is 2.83. The van der Waals surface area contributed by atoms with Gasteiger partial charge in [0.2, 0.25) is 0 Å². The molecule has 15 heavy (non-hydrogen) atoms. The second-order valence-corrected chi connectivity index (χ2v) is 5.86. The first-order chi connectivity index (χ1) is 7.28. The third-order valence-corrected chi connectivity index (χ3v) is 4.28. The Hall–Kier alpha value is -0.550. The zero-order chi connectivity index (χ0) is 10.7. The topological polar surface area (TPSA) is 37.3 Å². The van der Waals surface area contributed by atoms with Crippen LogP contribution in [0.2, 0.25) is 0 Å². The molecule has 0 aromatic carbocycles. The number of thiazole rings is 1. The van der Waals surface area contributed by atoms with E-state index in [1.165, 1.54) is 11.3 Å². The van der Waals surface area contributed by atoms with Crippen molar-refractivity contribution >= 4 is 28.3 Å². The van der Waals surface area contributed by atoms with E-state index < -0.39 is 0 Å². The van der Waals surface area contributed by atoms with Crippen LogP contribution in [-0.2, 0) is 6.54 Å². The molecule has 0 radical (unpaired) electrons. The molecule has 1 aliphatic heterocycles. The van der Waals surface area contributed by atoms with Gasteiger partial charge in [-0.3, -0.25) is 4.99 Å². The van der Waals surface area contributed by atoms with Crippen molar-refractivity contribution in [3.63, 3.8) is 0 Å². The molecule has 2 heterocycles. The fraction of sp³-hybridized carbons (Fsp3) is 0.600. The van der Waals surface area contributed by atoms with Gasteiger partial charge in [0.25, 0.3) is 0 Å². The van der Waals surface area contributed by atoms with E-state index >= 15 is 0 Å². The van der Waals surface area contributed by atoms with Crippen LogP contribution >= 0.6 is 23.1 Å². The maximum Gasteiger partial charge on any atom is 0.157 e. The summed E-state index contributed by atoms with van der Waals surface area (Å²) in [5, 5.41) is 5.62. The van der Waals surface area contributed by atoms with Crippen LogP contribution in [-0.4, -0.2) is 21.9 Å². The highest BCUT2D eigenvalue weighted by atomic mass is 32.2. The van der Waals surface area contributed by atoms with Gasteiger partial charge in [-0.15, -0.1) is 11.3 Å². The molecular formula is C10H15N3S2. The number of aliphatic imine (C=N–C) groups is 1. The maximum absolute atomic E-state index is 4.54. The van der Waals surface area contributed by atoms with Crippen LogP contribution in [0.25, 0.3) is 0 Å². The molecule has 2 rings (SSSR count). The van der Waals surface area contributed by atoms with Crippen molar-refractivity contribution in [2.75, 3.05) is 5.75 Å². The van der Waals surface area contributed by atoms with Gasteiger partial charge in [0.15, 0.2) is 5.17 Å². The smallest absolute Gasteiger partial charge is 0.157 e. The number of aryl methyl sites for hydroxylation is 1. The fourth-order valence-electron chi connectivity index (χ4n) is 1.38. The van der Waals surface area contributed by atoms with Crippen molar-refractivity contribution < 1.29 is 0 Å². The van der Waals surface area contributed by atoms with Crippen molar-refractivity contribution in [1.29, 1.82) is 0 Å². The lowest BCUT2D eigenvalue weighted by atomic mass is 10.3. The maximum atomic E-state index is 4.54. The summed E-state index contributed by atoms with van der Waals surface area (Å²) in [7, 11) is 0. The van der Waals surface area contributed by atoms with Crippen LogP contribution in [0.5, 0.6) is 0 Å². The Bertz CT molecular complexity index is 359. The number of thioether (sulfide) groups is 1. The Morgan fingerprint density at radius 3 is 3.13 bits per heavy atom. The molecule has 0 bridgehead atoms. The molecule has 0 aliphatic carbocycles. The molecule has 1 fully saturated rings. The molecule has 0 saturated carbocycles. The minimum Gasteiger partial charge on any atom is -0.361 e. The standard InChI is InChI=1S/C10H15N3S2/c1-3-8-6-14-10(13-8)12-5-9-4-11-7(2)15-9/h4,8H,3,5-6H2,1-2H3,(H,12,13).